The van der Waals surface area contributed by atoms with Crippen molar-refractivity contribution in [1.29, 1.82) is 0 Å². The van der Waals surface area contributed by atoms with Gasteiger partial charge in [0.1, 0.15) is 0 Å². The van der Waals surface area contributed by atoms with Gasteiger partial charge in [0.05, 0.1) is 13.2 Å². The molecule has 7 nitrogen and oxygen atoms in total. The number of nitrogens with zero attached hydrogens (tertiary/aromatic N) is 3. The Morgan fingerprint density at radius 3 is 2.31 bits per heavy atom. The van der Waals surface area contributed by atoms with Gasteiger partial charge in [0.15, 0.2) is 18.1 Å². The molecule has 1 atom stereocenters. The molecular weight excluding hydrogens is 370 g/mol. The highest BCUT2D eigenvalue weighted by atomic mass is 16.5. The number of hydrogen-bond donors (Lipinski definition) is 0. The van der Waals surface area contributed by atoms with E-state index in [0.717, 1.165) is 32.5 Å². The molecule has 1 aromatic rings. The van der Waals surface area contributed by atoms with E-state index >= 15 is 0 Å². The highest BCUT2D eigenvalue weighted by Gasteiger charge is 2.27. The largest absolute Gasteiger partial charge is 0.490 e. The number of carbonyl (C=O) groups excluding carboxylic acids is 2. The molecule has 1 unspecified atom stereocenters. The summed E-state index contributed by atoms with van der Waals surface area (Å²) in [4.78, 5) is 31.1. The molecule has 3 rings (SSSR count). The van der Waals surface area contributed by atoms with Gasteiger partial charge in [-0.15, -0.1) is 0 Å². The van der Waals surface area contributed by atoms with Gasteiger partial charge in [-0.2, -0.15) is 0 Å². The molecule has 0 bridgehead atoms. The third-order valence-electron chi connectivity index (χ3n) is 5.71. The van der Waals surface area contributed by atoms with Crippen molar-refractivity contribution in [2.24, 2.45) is 0 Å². The number of para-hydroxylation sites is 2. The smallest absolute Gasteiger partial charge is 0.260 e. The van der Waals surface area contributed by atoms with Crippen LogP contribution in [0.2, 0.25) is 0 Å². The summed E-state index contributed by atoms with van der Waals surface area (Å²) < 4.78 is 11.2. The molecule has 0 aliphatic carbocycles. The number of carbonyl (C=O) groups is 2. The third kappa shape index (κ3) is 5.85. The minimum Gasteiger partial charge on any atom is -0.490 e. The van der Waals surface area contributed by atoms with Crippen molar-refractivity contribution in [2.75, 3.05) is 52.5 Å². The molecule has 1 aromatic carbocycles. The molecule has 2 amide bonds. The van der Waals surface area contributed by atoms with E-state index in [0.29, 0.717) is 43.8 Å². The maximum atomic E-state index is 12.6. The number of likely N-dealkylation sites (tertiary alicyclic amines) is 1. The van der Waals surface area contributed by atoms with Crippen LogP contribution in [0.4, 0.5) is 0 Å². The first-order chi connectivity index (χ1) is 14.1. The lowest BCUT2D eigenvalue weighted by Gasteiger charge is -2.38. The minimum atomic E-state index is -0.0352. The van der Waals surface area contributed by atoms with Crippen LogP contribution in [0.1, 0.15) is 33.1 Å². The van der Waals surface area contributed by atoms with E-state index in [1.54, 1.807) is 0 Å². The maximum Gasteiger partial charge on any atom is 0.260 e. The summed E-state index contributed by atoms with van der Waals surface area (Å²) in [5.74, 6) is 1.42. The van der Waals surface area contributed by atoms with Gasteiger partial charge in [-0.25, -0.2) is 0 Å². The Morgan fingerprint density at radius 2 is 1.66 bits per heavy atom. The quantitative estimate of drug-likeness (QED) is 0.697. The topological polar surface area (TPSA) is 62.3 Å². The van der Waals surface area contributed by atoms with Crippen molar-refractivity contribution >= 4 is 11.8 Å². The Balaban J connectivity index is 1.42. The van der Waals surface area contributed by atoms with Gasteiger partial charge in [-0.3, -0.25) is 14.5 Å². The summed E-state index contributed by atoms with van der Waals surface area (Å²) in [5, 5.41) is 0. The van der Waals surface area contributed by atoms with E-state index in [-0.39, 0.29) is 18.4 Å². The van der Waals surface area contributed by atoms with Gasteiger partial charge in [-0.1, -0.05) is 12.1 Å². The molecule has 0 aromatic heterocycles. The number of piperazine rings is 1. The van der Waals surface area contributed by atoms with Gasteiger partial charge in [0.25, 0.3) is 5.91 Å². The summed E-state index contributed by atoms with van der Waals surface area (Å²) >= 11 is 0. The molecule has 0 spiro atoms. The molecule has 2 fully saturated rings. The van der Waals surface area contributed by atoms with Crippen LogP contribution in [-0.2, 0) is 9.59 Å². The molecule has 7 heteroatoms. The highest BCUT2D eigenvalue weighted by Crippen LogP contribution is 2.26. The Bertz CT molecular complexity index is 688. The number of benzene rings is 1. The average Bonchev–Trinajstić information content (AvgIpc) is 2.74. The second kappa shape index (κ2) is 10.5. The Hall–Kier alpha value is -2.28. The van der Waals surface area contributed by atoms with Crippen LogP contribution < -0.4 is 9.47 Å². The fraction of sp³-hybridized carbons (Fsp3) is 0.636. The van der Waals surface area contributed by atoms with Crippen LogP contribution in [-0.4, -0.2) is 85.0 Å². The molecule has 2 heterocycles. The SMILES string of the molecule is CCOc1ccccc1OCC(=O)N1CCN(CC(=O)N2CCCCC2C)CC1. The first kappa shape index (κ1) is 21.4. The first-order valence-electron chi connectivity index (χ1n) is 10.7. The van der Waals surface area contributed by atoms with E-state index in [1.165, 1.54) is 6.42 Å². The van der Waals surface area contributed by atoms with E-state index in [9.17, 15) is 9.59 Å². The van der Waals surface area contributed by atoms with Gasteiger partial charge in [0, 0.05) is 38.8 Å². The summed E-state index contributed by atoms with van der Waals surface area (Å²) in [6, 6.07) is 7.73. The summed E-state index contributed by atoms with van der Waals surface area (Å²) in [5.41, 5.74) is 0. The van der Waals surface area contributed by atoms with Crippen LogP contribution in [0.15, 0.2) is 24.3 Å². The standard InChI is InChI=1S/C22H33N3O4/c1-3-28-19-9-4-5-10-20(19)29-17-22(27)24-14-12-23(13-15-24)16-21(26)25-11-7-6-8-18(25)2/h4-5,9-10,18H,3,6-8,11-17H2,1-2H3. The molecule has 29 heavy (non-hydrogen) atoms. The highest BCUT2D eigenvalue weighted by molar-refractivity contribution is 5.79. The molecule has 0 saturated carbocycles. The Kier molecular flexibility index (Phi) is 7.75. The molecule has 0 N–H and O–H groups in total. The zero-order valence-corrected chi connectivity index (χ0v) is 17.6. The van der Waals surface area contributed by atoms with Crippen molar-refractivity contribution in [3.63, 3.8) is 0 Å². The lowest BCUT2D eigenvalue weighted by molar-refractivity contribution is -0.138. The van der Waals surface area contributed by atoms with Crippen LogP contribution in [0.25, 0.3) is 0 Å². The summed E-state index contributed by atoms with van der Waals surface area (Å²) in [7, 11) is 0. The van der Waals surface area contributed by atoms with Gasteiger partial charge >= 0.3 is 0 Å². The monoisotopic (exact) mass is 403 g/mol. The number of rotatable bonds is 7. The normalized spacial score (nSPS) is 20.4. The fourth-order valence-corrected chi connectivity index (χ4v) is 3.98. The molecule has 2 saturated heterocycles. The number of amides is 2. The predicted molar refractivity (Wildman–Crippen MR) is 111 cm³/mol. The van der Waals surface area contributed by atoms with Gasteiger partial charge in [0.2, 0.25) is 5.91 Å². The van der Waals surface area contributed by atoms with Crippen molar-refractivity contribution in [1.82, 2.24) is 14.7 Å². The van der Waals surface area contributed by atoms with Gasteiger partial charge in [-0.05, 0) is 45.2 Å². The van der Waals surface area contributed by atoms with E-state index in [4.69, 9.17) is 9.47 Å². The lowest BCUT2D eigenvalue weighted by atomic mass is 10.0. The summed E-state index contributed by atoms with van der Waals surface area (Å²) in [6.45, 7) is 8.60. The second-order valence-electron chi connectivity index (χ2n) is 7.76. The van der Waals surface area contributed by atoms with Gasteiger partial charge < -0.3 is 19.3 Å². The van der Waals surface area contributed by atoms with Crippen LogP contribution in [0, 0.1) is 0 Å². The Morgan fingerprint density at radius 1 is 0.966 bits per heavy atom. The van der Waals surface area contributed by atoms with Crippen LogP contribution >= 0.6 is 0 Å². The zero-order chi connectivity index (χ0) is 20.6. The van der Waals surface area contributed by atoms with Crippen molar-refractivity contribution < 1.29 is 19.1 Å². The number of hydrogen-bond acceptors (Lipinski definition) is 5. The molecule has 2 aliphatic heterocycles. The van der Waals surface area contributed by atoms with Crippen LogP contribution in [0.5, 0.6) is 11.5 Å². The zero-order valence-electron chi connectivity index (χ0n) is 17.6. The van der Waals surface area contributed by atoms with Crippen molar-refractivity contribution in [2.45, 2.75) is 39.2 Å². The first-order valence-corrected chi connectivity index (χ1v) is 10.7. The maximum absolute atomic E-state index is 12.6. The van der Waals surface area contributed by atoms with E-state index < -0.39 is 0 Å². The minimum absolute atomic E-state index is 0.00564. The second-order valence-corrected chi connectivity index (χ2v) is 7.76. The molecule has 0 radical (unpaired) electrons. The third-order valence-corrected chi connectivity index (χ3v) is 5.71. The lowest BCUT2D eigenvalue weighted by Crippen LogP contribution is -2.53. The molecule has 160 valence electrons. The Labute approximate surface area is 173 Å². The number of ether oxygens (including phenoxy) is 2. The van der Waals surface area contributed by atoms with E-state index in [2.05, 4.69) is 11.8 Å². The molecule has 2 aliphatic rings. The van der Waals surface area contributed by atoms with Crippen LogP contribution in [0.3, 0.4) is 0 Å². The van der Waals surface area contributed by atoms with E-state index in [1.807, 2.05) is 41.0 Å². The number of piperidine rings is 1. The van der Waals surface area contributed by atoms with Crippen molar-refractivity contribution in [3.05, 3.63) is 24.3 Å². The van der Waals surface area contributed by atoms with Crippen molar-refractivity contribution in [3.8, 4) is 11.5 Å². The predicted octanol–water partition coefficient (Wildman–Crippen LogP) is 2.01. The average molecular weight is 404 g/mol. The fourth-order valence-electron chi connectivity index (χ4n) is 3.98. The summed E-state index contributed by atoms with van der Waals surface area (Å²) in [6.07, 6.45) is 3.41. The molecular formula is C22H33N3O4.